The first-order valence-corrected chi connectivity index (χ1v) is 8.02. The van der Waals surface area contributed by atoms with Crippen LogP contribution in [0.1, 0.15) is 5.56 Å². The van der Waals surface area contributed by atoms with Crippen LogP contribution in [0.4, 0.5) is 15.9 Å². The number of hydrogen-bond acceptors (Lipinski definition) is 5. The molecule has 0 spiro atoms. The van der Waals surface area contributed by atoms with Gasteiger partial charge < -0.3 is 10.1 Å². The van der Waals surface area contributed by atoms with Gasteiger partial charge in [0.25, 0.3) is 0 Å². The molecule has 6 nitrogen and oxygen atoms in total. The number of aryl methyl sites for hydroxylation is 1. The summed E-state index contributed by atoms with van der Waals surface area (Å²) in [6.07, 6.45) is 3.04. The van der Waals surface area contributed by atoms with E-state index in [9.17, 15) is 4.39 Å². The lowest BCUT2D eigenvalue weighted by Crippen LogP contribution is -2.02. The Hall–Kier alpha value is -3.48. The van der Waals surface area contributed by atoms with E-state index in [-0.39, 0.29) is 5.82 Å². The van der Waals surface area contributed by atoms with Gasteiger partial charge in [-0.1, -0.05) is 18.2 Å². The molecule has 0 fully saturated rings. The molecule has 0 atom stereocenters. The lowest BCUT2D eigenvalue weighted by Gasteiger charge is -2.12. The zero-order valence-corrected chi connectivity index (χ0v) is 14.3. The van der Waals surface area contributed by atoms with Crippen molar-refractivity contribution >= 4 is 22.5 Å². The van der Waals surface area contributed by atoms with E-state index in [2.05, 4.69) is 20.4 Å². The first-order chi connectivity index (χ1) is 12.7. The Morgan fingerprint density at radius 1 is 1.12 bits per heavy atom. The third kappa shape index (κ3) is 2.73. The Balaban J connectivity index is 1.81. The molecule has 7 heteroatoms. The van der Waals surface area contributed by atoms with Crippen molar-refractivity contribution < 1.29 is 9.13 Å². The van der Waals surface area contributed by atoms with Crippen LogP contribution in [0.3, 0.4) is 0 Å². The van der Waals surface area contributed by atoms with Gasteiger partial charge in [0.1, 0.15) is 29.4 Å². The molecule has 0 aliphatic rings. The highest BCUT2D eigenvalue weighted by Gasteiger charge is 2.14. The molecule has 2 aromatic heterocycles. The summed E-state index contributed by atoms with van der Waals surface area (Å²) in [6, 6.07) is 12.3. The average Bonchev–Trinajstić information content (AvgIpc) is 3.07. The predicted octanol–water partition coefficient (Wildman–Crippen LogP) is 4.02. The lowest BCUT2D eigenvalue weighted by atomic mass is 10.2. The fraction of sp³-hybridized carbons (Fsp3) is 0.105. The molecular formula is C19H16FN5O. The summed E-state index contributed by atoms with van der Waals surface area (Å²) in [5.41, 5.74) is 2.71. The Kier molecular flexibility index (Phi) is 3.96. The van der Waals surface area contributed by atoms with Crippen molar-refractivity contribution in [3.63, 3.8) is 0 Å². The Morgan fingerprint density at radius 2 is 1.96 bits per heavy atom. The Morgan fingerprint density at radius 3 is 2.77 bits per heavy atom. The largest absolute Gasteiger partial charge is 0.495 e. The van der Waals surface area contributed by atoms with Crippen molar-refractivity contribution in [1.82, 2.24) is 19.7 Å². The van der Waals surface area contributed by atoms with E-state index < -0.39 is 0 Å². The summed E-state index contributed by atoms with van der Waals surface area (Å²) >= 11 is 0. The van der Waals surface area contributed by atoms with Crippen LogP contribution in [0, 0.1) is 12.7 Å². The number of nitrogens with one attached hydrogen (secondary N) is 1. The van der Waals surface area contributed by atoms with Crippen LogP contribution >= 0.6 is 0 Å². The van der Waals surface area contributed by atoms with Gasteiger partial charge in [-0.2, -0.15) is 5.10 Å². The average molecular weight is 349 g/mol. The molecule has 0 saturated carbocycles. The second-order valence-corrected chi connectivity index (χ2v) is 5.80. The highest BCUT2D eigenvalue weighted by molar-refractivity contribution is 5.89. The van der Waals surface area contributed by atoms with Crippen molar-refractivity contribution in [3.05, 3.63) is 66.4 Å². The fourth-order valence-corrected chi connectivity index (χ4v) is 2.79. The number of ether oxygens (including phenoxy) is 1. The summed E-state index contributed by atoms with van der Waals surface area (Å²) in [6.45, 7) is 2.00. The molecule has 130 valence electrons. The molecule has 0 unspecified atom stereocenters. The van der Waals surface area contributed by atoms with Gasteiger partial charge in [-0.25, -0.2) is 19.0 Å². The van der Waals surface area contributed by atoms with Crippen LogP contribution in [0.2, 0.25) is 0 Å². The summed E-state index contributed by atoms with van der Waals surface area (Å²) in [5, 5.41) is 8.24. The van der Waals surface area contributed by atoms with Crippen molar-refractivity contribution in [1.29, 1.82) is 0 Å². The highest BCUT2D eigenvalue weighted by atomic mass is 19.1. The number of rotatable bonds is 4. The second-order valence-electron chi connectivity index (χ2n) is 5.80. The standard InChI is InChI=1S/C19H16FN5O/c1-12-7-8-17(26-2)15(9-12)24-18-13-10-23-25(19(13)22-11-21-18)16-6-4-3-5-14(16)20/h3-11H,1-2H3,(H,21,22,24). The van der Waals surface area contributed by atoms with E-state index in [1.54, 1.807) is 31.5 Å². The molecule has 26 heavy (non-hydrogen) atoms. The molecule has 4 aromatic rings. The summed E-state index contributed by atoms with van der Waals surface area (Å²) in [4.78, 5) is 8.58. The molecule has 4 rings (SSSR count). The number of anilines is 2. The lowest BCUT2D eigenvalue weighted by molar-refractivity contribution is 0.416. The SMILES string of the molecule is COc1ccc(C)cc1Nc1ncnc2c1cnn2-c1ccccc1F. The van der Waals surface area contributed by atoms with E-state index in [0.29, 0.717) is 28.3 Å². The normalized spacial score (nSPS) is 10.9. The quantitative estimate of drug-likeness (QED) is 0.603. The summed E-state index contributed by atoms with van der Waals surface area (Å²) in [7, 11) is 1.61. The zero-order chi connectivity index (χ0) is 18.1. The molecule has 0 aliphatic heterocycles. The summed E-state index contributed by atoms with van der Waals surface area (Å²) in [5.74, 6) is 0.899. The number of halogens is 1. The van der Waals surface area contributed by atoms with Crippen LogP contribution in [0.25, 0.3) is 16.7 Å². The molecule has 2 heterocycles. The minimum atomic E-state index is -0.369. The monoisotopic (exact) mass is 349 g/mol. The predicted molar refractivity (Wildman–Crippen MR) is 97.6 cm³/mol. The van der Waals surface area contributed by atoms with E-state index in [4.69, 9.17) is 4.74 Å². The van der Waals surface area contributed by atoms with E-state index in [1.165, 1.54) is 17.1 Å². The molecule has 0 aliphatic carbocycles. The number of para-hydroxylation sites is 1. The third-order valence-electron chi connectivity index (χ3n) is 4.05. The smallest absolute Gasteiger partial charge is 0.168 e. The van der Waals surface area contributed by atoms with Crippen molar-refractivity contribution in [2.24, 2.45) is 0 Å². The first-order valence-electron chi connectivity index (χ1n) is 8.02. The van der Waals surface area contributed by atoms with Gasteiger partial charge in [0.05, 0.1) is 24.4 Å². The molecule has 0 amide bonds. The number of methoxy groups -OCH3 is 1. The Labute approximate surface area is 149 Å². The number of hydrogen-bond donors (Lipinski definition) is 1. The van der Waals surface area contributed by atoms with Gasteiger partial charge in [-0.15, -0.1) is 0 Å². The van der Waals surface area contributed by atoms with Crippen LogP contribution < -0.4 is 10.1 Å². The maximum atomic E-state index is 14.1. The maximum absolute atomic E-state index is 14.1. The van der Waals surface area contributed by atoms with Gasteiger partial charge >= 0.3 is 0 Å². The second kappa shape index (κ2) is 6.44. The van der Waals surface area contributed by atoms with Crippen LogP contribution in [-0.4, -0.2) is 26.9 Å². The van der Waals surface area contributed by atoms with Crippen LogP contribution in [0.5, 0.6) is 5.75 Å². The molecular weight excluding hydrogens is 333 g/mol. The van der Waals surface area contributed by atoms with Crippen LogP contribution in [0.15, 0.2) is 55.0 Å². The number of fused-ring (bicyclic) bond motifs is 1. The zero-order valence-electron chi connectivity index (χ0n) is 14.3. The van der Waals surface area contributed by atoms with E-state index in [1.807, 2.05) is 25.1 Å². The highest BCUT2D eigenvalue weighted by Crippen LogP contribution is 2.31. The number of benzene rings is 2. The van der Waals surface area contributed by atoms with E-state index >= 15 is 0 Å². The topological polar surface area (TPSA) is 64.9 Å². The first kappa shape index (κ1) is 16.0. The van der Waals surface area contributed by atoms with Gasteiger partial charge in [-0.3, -0.25) is 0 Å². The van der Waals surface area contributed by atoms with Crippen molar-refractivity contribution in [3.8, 4) is 11.4 Å². The van der Waals surface area contributed by atoms with Gasteiger partial charge in [0.2, 0.25) is 0 Å². The number of aromatic nitrogens is 4. The Bertz CT molecular complexity index is 1090. The molecule has 0 bridgehead atoms. The molecule has 2 aromatic carbocycles. The molecule has 1 N–H and O–H groups in total. The summed E-state index contributed by atoms with van der Waals surface area (Å²) < 4.78 is 21.0. The number of nitrogens with zero attached hydrogens (tertiary/aromatic N) is 4. The minimum absolute atomic E-state index is 0.334. The van der Waals surface area contributed by atoms with Crippen molar-refractivity contribution in [2.75, 3.05) is 12.4 Å². The fourth-order valence-electron chi connectivity index (χ4n) is 2.79. The van der Waals surface area contributed by atoms with Crippen molar-refractivity contribution in [2.45, 2.75) is 6.92 Å². The van der Waals surface area contributed by atoms with Crippen LogP contribution in [-0.2, 0) is 0 Å². The maximum Gasteiger partial charge on any atom is 0.168 e. The van der Waals surface area contributed by atoms with E-state index in [0.717, 1.165) is 11.3 Å². The minimum Gasteiger partial charge on any atom is -0.495 e. The van der Waals surface area contributed by atoms with Gasteiger partial charge in [0, 0.05) is 0 Å². The van der Waals surface area contributed by atoms with Gasteiger partial charge in [-0.05, 0) is 36.8 Å². The molecule has 0 radical (unpaired) electrons. The molecule has 0 saturated heterocycles. The van der Waals surface area contributed by atoms with Gasteiger partial charge in [0.15, 0.2) is 5.65 Å². The third-order valence-corrected chi connectivity index (χ3v) is 4.05.